The minimum absolute atomic E-state index is 0.539. The SMILES string of the molecule is CC1CCC(C)N(Cc2nc(C(C)(C)N)no2)C1. The van der Waals surface area contributed by atoms with Crippen molar-refractivity contribution in [3.63, 3.8) is 0 Å². The molecular formula is C13H24N4O. The second-order valence-corrected chi connectivity index (χ2v) is 6.19. The molecule has 0 aromatic carbocycles. The molecule has 2 unspecified atom stereocenters. The van der Waals surface area contributed by atoms with Gasteiger partial charge < -0.3 is 10.3 Å². The Morgan fingerprint density at radius 1 is 1.39 bits per heavy atom. The first-order chi connectivity index (χ1) is 8.36. The molecule has 0 bridgehead atoms. The Balaban J connectivity index is 2.02. The molecule has 0 aliphatic carbocycles. The summed E-state index contributed by atoms with van der Waals surface area (Å²) in [7, 11) is 0. The Kier molecular flexibility index (Phi) is 3.73. The van der Waals surface area contributed by atoms with Gasteiger partial charge in [-0.25, -0.2) is 0 Å². The van der Waals surface area contributed by atoms with Crippen LogP contribution in [0.3, 0.4) is 0 Å². The number of likely N-dealkylation sites (tertiary alicyclic amines) is 1. The van der Waals surface area contributed by atoms with Crippen molar-refractivity contribution >= 4 is 0 Å². The minimum Gasteiger partial charge on any atom is -0.338 e. The topological polar surface area (TPSA) is 68.2 Å². The summed E-state index contributed by atoms with van der Waals surface area (Å²) in [4.78, 5) is 6.80. The molecule has 0 saturated carbocycles. The summed E-state index contributed by atoms with van der Waals surface area (Å²) in [5.74, 6) is 1.99. The maximum absolute atomic E-state index is 5.95. The average molecular weight is 252 g/mol. The van der Waals surface area contributed by atoms with Crippen molar-refractivity contribution < 1.29 is 4.52 Å². The Hall–Kier alpha value is -0.940. The number of hydrogen-bond donors (Lipinski definition) is 1. The zero-order valence-corrected chi connectivity index (χ0v) is 11.8. The lowest BCUT2D eigenvalue weighted by Crippen LogP contribution is -2.40. The van der Waals surface area contributed by atoms with Gasteiger partial charge in [0, 0.05) is 12.6 Å². The second-order valence-electron chi connectivity index (χ2n) is 6.19. The quantitative estimate of drug-likeness (QED) is 0.889. The fraction of sp³-hybridized carbons (Fsp3) is 0.846. The van der Waals surface area contributed by atoms with Crippen LogP contribution in [-0.4, -0.2) is 27.6 Å². The molecule has 1 aromatic rings. The van der Waals surface area contributed by atoms with Gasteiger partial charge in [0.1, 0.15) is 0 Å². The van der Waals surface area contributed by atoms with Crippen LogP contribution < -0.4 is 5.73 Å². The molecule has 5 nitrogen and oxygen atoms in total. The van der Waals surface area contributed by atoms with Gasteiger partial charge >= 0.3 is 0 Å². The standard InChI is InChI=1S/C13H24N4O/c1-9-5-6-10(2)17(7-9)8-11-15-12(16-18-11)13(3,4)14/h9-10H,5-8,14H2,1-4H3. The lowest BCUT2D eigenvalue weighted by atomic mass is 9.95. The van der Waals surface area contributed by atoms with Crippen LogP contribution in [0.1, 0.15) is 52.3 Å². The van der Waals surface area contributed by atoms with E-state index in [1.54, 1.807) is 0 Å². The van der Waals surface area contributed by atoms with Gasteiger partial charge in [0.25, 0.3) is 0 Å². The molecule has 2 N–H and O–H groups in total. The number of nitrogens with two attached hydrogens (primary N) is 1. The van der Waals surface area contributed by atoms with Crippen LogP contribution >= 0.6 is 0 Å². The first kappa shape index (κ1) is 13.5. The highest BCUT2D eigenvalue weighted by atomic mass is 16.5. The van der Waals surface area contributed by atoms with Gasteiger partial charge in [-0.1, -0.05) is 12.1 Å². The Morgan fingerprint density at radius 2 is 2.11 bits per heavy atom. The first-order valence-corrected chi connectivity index (χ1v) is 6.72. The lowest BCUT2D eigenvalue weighted by molar-refractivity contribution is 0.104. The average Bonchev–Trinajstić information content (AvgIpc) is 2.71. The van der Waals surface area contributed by atoms with Gasteiger partial charge in [0.05, 0.1) is 12.1 Å². The van der Waals surface area contributed by atoms with Crippen LogP contribution in [0.2, 0.25) is 0 Å². The summed E-state index contributed by atoms with van der Waals surface area (Å²) in [6.45, 7) is 10.1. The van der Waals surface area contributed by atoms with Crippen molar-refractivity contribution in [1.82, 2.24) is 15.0 Å². The van der Waals surface area contributed by atoms with E-state index in [9.17, 15) is 0 Å². The molecular weight excluding hydrogens is 228 g/mol. The lowest BCUT2D eigenvalue weighted by Gasteiger charge is -2.35. The number of aromatic nitrogens is 2. The van der Waals surface area contributed by atoms with Gasteiger partial charge in [0.2, 0.25) is 5.89 Å². The van der Waals surface area contributed by atoms with Crippen molar-refractivity contribution in [2.45, 2.75) is 58.7 Å². The summed E-state index contributed by atoms with van der Waals surface area (Å²) in [6, 6.07) is 0.586. The van der Waals surface area contributed by atoms with E-state index in [1.807, 2.05) is 13.8 Å². The third kappa shape index (κ3) is 3.09. The van der Waals surface area contributed by atoms with Crippen molar-refractivity contribution in [2.24, 2.45) is 11.7 Å². The van der Waals surface area contributed by atoms with E-state index < -0.39 is 5.54 Å². The number of rotatable bonds is 3. The highest BCUT2D eigenvalue weighted by molar-refractivity contribution is 4.99. The molecule has 2 rings (SSSR count). The van der Waals surface area contributed by atoms with Gasteiger partial charge in [0.15, 0.2) is 5.82 Å². The minimum atomic E-state index is -0.539. The van der Waals surface area contributed by atoms with Crippen molar-refractivity contribution in [2.75, 3.05) is 6.54 Å². The molecule has 1 saturated heterocycles. The molecule has 5 heteroatoms. The van der Waals surface area contributed by atoms with Crippen LogP contribution in [-0.2, 0) is 12.1 Å². The Morgan fingerprint density at radius 3 is 2.72 bits per heavy atom. The fourth-order valence-electron chi connectivity index (χ4n) is 2.35. The summed E-state index contributed by atoms with van der Waals surface area (Å²) in [5, 5.41) is 3.96. The molecule has 1 aliphatic heterocycles. The summed E-state index contributed by atoms with van der Waals surface area (Å²) in [6.07, 6.45) is 2.55. The van der Waals surface area contributed by atoms with E-state index in [0.29, 0.717) is 17.8 Å². The van der Waals surface area contributed by atoms with E-state index in [0.717, 1.165) is 19.0 Å². The van der Waals surface area contributed by atoms with Crippen LogP contribution in [0.5, 0.6) is 0 Å². The van der Waals surface area contributed by atoms with Crippen LogP contribution in [0.15, 0.2) is 4.52 Å². The molecule has 2 atom stereocenters. The first-order valence-electron chi connectivity index (χ1n) is 6.72. The molecule has 1 aromatic heterocycles. The zero-order chi connectivity index (χ0) is 13.3. The monoisotopic (exact) mass is 252 g/mol. The van der Waals surface area contributed by atoms with Crippen molar-refractivity contribution in [3.05, 3.63) is 11.7 Å². The summed E-state index contributed by atoms with van der Waals surface area (Å²) < 4.78 is 5.29. The van der Waals surface area contributed by atoms with Crippen LogP contribution in [0.4, 0.5) is 0 Å². The molecule has 18 heavy (non-hydrogen) atoms. The third-order valence-electron chi connectivity index (χ3n) is 3.63. The Bertz CT molecular complexity index is 396. The maximum Gasteiger partial charge on any atom is 0.240 e. The van der Waals surface area contributed by atoms with Crippen molar-refractivity contribution in [3.8, 4) is 0 Å². The zero-order valence-electron chi connectivity index (χ0n) is 11.8. The summed E-state index contributed by atoms with van der Waals surface area (Å²) in [5.41, 5.74) is 5.41. The highest BCUT2D eigenvalue weighted by Crippen LogP contribution is 2.23. The third-order valence-corrected chi connectivity index (χ3v) is 3.63. The van der Waals surface area contributed by atoms with E-state index in [-0.39, 0.29) is 0 Å². The fourth-order valence-corrected chi connectivity index (χ4v) is 2.35. The van der Waals surface area contributed by atoms with E-state index in [4.69, 9.17) is 10.3 Å². The van der Waals surface area contributed by atoms with Crippen molar-refractivity contribution in [1.29, 1.82) is 0 Å². The van der Waals surface area contributed by atoms with Gasteiger partial charge in [-0.05, 0) is 39.5 Å². The van der Waals surface area contributed by atoms with E-state index >= 15 is 0 Å². The number of piperidine rings is 1. The smallest absolute Gasteiger partial charge is 0.240 e. The Labute approximate surface area is 109 Å². The van der Waals surface area contributed by atoms with E-state index in [1.165, 1.54) is 12.8 Å². The van der Waals surface area contributed by atoms with Gasteiger partial charge in [-0.3, -0.25) is 4.90 Å². The molecule has 2 heterocycles. The predicted octanol–water partition coefficient (Wildman–Crippen LogP) is 1.88. The molecule has 0 radical (unpaired) electrons. The molecule has 1 fully saturated rings. The van der Waals surface area contributed by atoms with Crippen LogP contribution in [0.25, 0.3) is 0 Å². The second kappa shape index (κ2) is 4.97. The van der Waals surface area contributed by atoms with Crippen LogP contribution in [0, 0.1) is 5.92 Å². The molecule has 0 amide bonds. The largest absolute Gasteiger partial charge is 0.338 e. The van der Waals surface area contributed by atoms with E-state index in [2.05, 4.69) is 28.9 Å². The maximum atomic E-state index is 5.95. The normalized spacial score (nSPS) is 26.5. The summed E-state index contributed by atoms with van der Waals surface area (Å²) >= 11 is 0. The molecule has 102 valence electrons. The van der Waals surface area contributed by atoms with Gasteiger partial charge in [-0.15, -0.1) is 0 Å². The highest BCUT2D eigenvalue weighted by Gasteiger charge is 2.26. The molecule has 0 spiro atoms. The van der Waals surface area contributed by atoms with Gasteiger partial charge in [-0.2, -0.15) is 4.98 Å². The number of hydrogen-bond acceptors (Lipinski definition) is 5. The predicted molar refractivity (Wildman–Crippen MR) is 69.8 cm³/mol. The number of nitrogens with zero attached hydrogens (tertiary/aromatic N) is 3. The molecule has 1 aliphatic rings.